The summed E-state index contributed by atoms with van der Waals surface area (Å²) in [5, 5.41) is 0. The zero-order chi connectivity index (χ0) is 16.1. The molecule has 0 aliphatic carbocycles. The summed E-state index contributed by atoms with van der Waals surface area (Å²) in [6.07, 6.45) is 5.71. The van der Waals surface area contributed by atoms with Crippen LogP contribution < -0.4 is 0 Å². The van der Waals surface area contributed by atoms with Crippen molar-refractivity contribution in [3.63, 3.8) is 0 Å². The van der Waals surface area contributed by atoms with E-state index in [1.165, 1.54) is 5.56 Å². The molecule has 2 heterocycles. The molecule has 0 saturated carbocycles. The van der Waals surface area contributed by atoms with Gasteiger partial charge in [-0.3, -0.25) is 4.79 Å². The number of alkyl halides is 1. The fourth-order valence-electron chi connectivity index (χ4n) is 4.23. The summed E-state index contributed by atoms with van der Waals surface area (Å²) in [5.41, 5.74) is 1.31. The molecular formula is C19H27FN2O. The van der Waals surface area contributed by atoms with Crippen LogP contribution in [0.2, 0.25) is 0 Å². The second-order valence-corrected chi connectivity index (χ2v) is 6.89. The molecule has 0 N–H and O–H groups in total. The van der Waals surface area contributed by atoms with Gasteiger partial charge in [0.2, 0.25) is 5.91 Å². The van der Waals surface area contributed by atoms with Gasteiger partial charge in [0.1, 0.15) is 6.67 Å². The van der Waals surface area contributed by atoms with Gasteiger partial charge < -0.3 is 9.80 Å². The van der Waals surface area contributed by atoms with Gasteiger partial charge in [-0.2, -0.15) is 0 Å². The highest BCUT2D eigenvalue weighted by Gasteiger charge is 2.45. The van der Waals surface area contributed by atoms with Gasteiger partial charge in [-0.15, -0.1) is 0 Å². The van der Waals surface area contributed by atoms with Gasteiger partial charge in [0.25, 0.3) is 0 Å². The van der Waals surface area contributed by atoms with Crippen LogP contribution in [0, 0.1) is 0 Å². The second kappa shape index (κ2) is 7.43. The number of amides is 1. The molecule has 2 aliphatic heterocycles. The summed E-state index contributed by atoms with van der Waals surface area (Å²) in [6.45, 7) is 3.03. The van der Waals surface area contributed by atoms with Crippen LogP contribution in [0.25, 0.3) is 0 Å². The maximum Gasteiger partial charge on any atom is 0.223 e. The number of hydrogen-bond donors (Lipinski definition) is 0. The average Bonchev–Trinajstić information content (AvgIpc) is 2.76. The third kappa shape index (κ3) is 3.74. The molecule has 3 rings (SSSR count). The van der Waals surface area contributed by atoms with Crippen LogP contribution in [-0.4, -0.2) is 54.1 Å². The average molecular weight is 318 g/mol. The zero-order valence-corrected chi connectivity index (χ0v) is 13.8. The van der Waals surface area contributed by atoms with Crippen LogP contribution in [0.3, 0.4) is 0 Å². The summed E-state index contributed by atoms with van der Waals surface area (Å²) in [5.74, 6) is 0.153. The van der Waals surface area contributed by atoms with E-state index in [0.717, 1.165) is 51.7 Å². The smallest absolute Gasteiger partial charge is 0.223 e. The maximum absolute atomic E-state index is 12.8. The predicted octanol–water partition coefficient (Wildman–Crippen LogP) is 3.05. The Morgan fingerprint density at radius 3 is 2.65 bits per heavy atom. The molecule has 23 heavy (non-hydrogen) atoms. The lowest BCUT2D eigenvalue weighted by molar-refractivity contribution is -0.131. The standard InChI is InChI=1S/C19H27FN2O/c20-12-16-22-18(23)7-10-19(22)9-4-13-21(15-11-19)14-8-17-5-2-1-3-6-17/h1-3,5-6H,4,7-16H2/t19-/m0/s1. The van der Waals surface area contributed by atoms with Crippen molar-refractivity contribution in [1.29, 1.82) is 0 Å². The monoisotopic (exact) mass is 318 g/mol. The third-order valence-electron chi connectivity index (χ3n) is 5.56. The van der Waals surface area contributed by atoms with Gasteiger partial charge in [-0.25, -0.2) is 4.39 Å². The van der Waals surface area contributed by atoms with Gasteiger partial charge in [0.05, 0.1) is 0 Å². The van der Waals surface area contributed by atoms with E-state index >= 15 is 0 Å². The van der Waals surface area contributed by atoms with Crippen molar-refractivity contribution in [3.05, 3.63) is 35.9 Å². The van der Waals surface area contributed by atoms with Crippen molar-refractivity contribution in [2.45, 2.75) is 44.1 Å². The van der Waals surface area contributed by atoms with Gasteiger partial charge in [0.15, 0.2) is 0 Å². The fraction of sp³-hybridized carbons (Fsp3) is 0.632. The van der Waals surface area contributed by atoms with E-state index in [-0.39, 0.29) is 18.0 Å². The largest absolute Gasteiger partial charge is 0.334 e. The Labute approximate surface area is 138 Å². The SMILES string of the molecule is O=C1CC[C@]2(CCCN(CCc3ccccc3)CC2)N1CCF. The molecule has 3 nitrogen and oxygen atoms in total. The normalized spacial score (nSPS) is 26.0. The number of carbonyl (C=O) groups is 1. The molecule has 126 valence electrons. The third-order valence-corrected chi connectivity index (χ3v) is 5.56. The highest BCUT2D eigenvalue weighted by atomic mass is 19.1. The van der Waals surface area contributed by atoms with E-state index in [0.29, 0.717) is 6.42 Å². The van der Waals surface area contributed by atoms with E-state index in [1.807, 2.05) is 4.90 Å². The first-order valence-corrected chi connectivity index (χ1v) is 8.86. The fourth-order valence-corrected chi connectivity index (χ4v) is 4.23. The predicted molar refractivity (Wildman–Crippen MR) is 90.1 cm³/mol. The highest BCUT2D eigenvalue weighted by Crippen LogP contribution is 2.38. The Balaban J connectivity index is 1.57. The van der Waals surface area contributed by atoms with E-state index < -0.39 is 6.67 Å². The number of likely N-dealkylation sites (tertiary alicyclic amines) is 2. The first-order valence-electron chi connectivity index (χ1n) is 8.86. The van der Waals surface area contributed by atoms with Crippen molar-refractivity contribution in [1.82, 2.24) is 9.80 Å². The molecule has 1 amide bonds. The van der Waals surface area contributed by atoms with Crippen LogP contribution in [0.1, 0.15) is 37.7 Å². The molecule has 0 unspecified atom stereocenters. The second-order valence-electron chi connectivity index (χ2n) is 6.89. The first kappa shape index (κ1) is 16.4. The van der Waals surface area contributed by atoms with Gasteiger partial charge in [-0.1, -0.05) is 30.3 Å². The number of hydrogen-bond acceptors (Lipinski definition) is 2. The lowest BCUT2D eigenvalue weighted by atomic mass is 9.88. The van der Waals surface area contributed by atoms with E-state index in [4.69, 9.17) is 0 Å². The molecule has 1 spiro atoms. The highest BCUT2D eigenvalue weighted by molar-refractivity contribution is 5.79. The lowest BCUT2D eigenvalue weighted by Gasteiger charge is -2.37. The minimum atomic E-state index is -0.425. The number of benzene rings is 1. The van der Waals surface area contributed by atoms with Crippen molar-refractivity contribution in [2.24, 2.45) is 0 Å². The molecule has 0 aromatic heterocycles. The summed E-state index contributed by atoms with van der Waals surface area (Å²) in [4.78, 5) is 16.5. The lowest BCUT2D eigenvalue weighted by Crippen LogP contribution is -2.47. The van der Waals surface area contributed by atoms with Crippen LogP contribution >= 0.6 is 0 Å². The Bertz CT molecular complexity index is 521. The van der Waals surface area contributed by atoms with Crippen molar-refractivity contribution < 1.29 is 9.18 Å². The number of nitrogens with zero attached hydrogens (tertiary/aromatic N) is 2. The van der Waals surface area contributed by atoms with Crippen molar-refractivity contribution >= 4 is 5.91 Å². The molecule has 0 bridgehead atoms. The molecular weight excluding hydrogens is 291 g/mol. The first-order chi connectivity index (χ1) is 11.2. The van der Waals surface area contributed by atoms with Crippen LogP contribution in [0.4, 0.5) is 4.39 Å². The zero-order valence-electron chi connectivity index (χ0n) is 13.8. The minimum Gasteiger partial charge on any atom is -0.334 e. The molecule has 2 aliphatic rings. The van der Waals surface area contributed by atoms with Gasteiger partial charge >= 0.3 is 0 Å². The van der Waals surface area contributed by atoms with Crippen molar-refractivity contribution in [2.75, 3.05) is 32.9 Å². The Hall–Kier alpha value is -1.42. The topological polar surface area (TPSA) is 23.6 Å². The molecule has 0 radical (unpaired) electrons. The summed E-state index contributed by atoms with van der Waals surface area (Å²) in [7, 11) is 0. The van der Waals surface area contributed by atoms with Crippen LogP contribution in [0.15, 0.2) is 30.3 Å². The van der Waals surface area contributed by atoms with E-state index in [2.05, 4.69) is 35.2 Å². The Morgan fingerprint density at radius 1 is 1.04 bits per heavy atom. The Morgan fingerprint density at radius 2 is 1.87 bits per heavy atom. The van der Waals surface area contributed by atoms with Crippen molar-refractivity contribution in [3.8, 4) is 0 Å². The summed E-state index contributed by atoms with van der Waals surface area (Å²) >= 11 is 0. The van der Waals surface area contributed by atoms with Crippen LogP contribution in [0.5, 0.6) is 0 Å². The summed E-state index contributed by atoms with van der Waals surface area (Å²) in [6, 6.07) is 10.6. The molecule has 4 heteroatoms. The van der Waals surface area contributed by atoms with Gasteiger partial charge in [0, 0.05) is 31.6 Å². The minimum absolute atomic E-state index is 0.0648. The Kier molecular flexibility index (Phi) is 5.31. The van der Waals surface area contributed by atoms with Crippen LogP contribution in [-0.2, 0) is 11.2 Å². The summed E-state index contributed by atoms with van der Waals surface area (Å²) < 4.78 is 12.8. The molecule has 2 saturated heterocycles. The number of carbonyl (C=O) groups excluding carboxylic acids is 1. The van der Waals surface area contributed by atoms with E-state index in [1.54, 1.807) is 0 Å². The maximum atomic E-state index is 12.8. The van der Waals surface area contributed by atoms with Gasteiger partial charge in [-0.05, 0) is 44.2 Å². The molecule has 1 aromatic carbocycles. The molecule has 2 fully saturated rings. The number of rotatable bonds is 5. The number of halogens is 1. The van der Waals surface area contributed by atoms with E-state index in [9.17, 15) is 9.18 Å². The molecule has 1 atom stereocenters. The quantitative estimate of drug-likeness (QED) is 0.833. The molecule has 1 aromatic rings.